The Balaban J connectivity index is 1.85. The highest BCUT2D eigenvalue weighted by Gasteiger charge is 2.20. The predicted molar refractivity (Wildman–Crippen MR) is 131 cm³/mol. The minimum atomic E-state index is -0.109. The molecule has 2 aliphatic rings. The van der Waals surface area contributed by atoms with E-state index in [-0.39, 0.29) is 5.56 Å². The monoisotopic (exact) mass is 419 g/mol. The van der Waals surface area contributed by atoms with Gasteiger partial charge in [0.05, 0.1) is 11.4 Å². The van der Waals surface area contributed by atoms with Crippen molar-refractivity contribution in [2.45, 2.75) is 12.8 Å². The molecule has 0 atom stereocenters. The average Bonchev–Trinajstić information content (AvgIpc) is 3.14. The summed E-state index contributed by atoms with van der Waals surface area (Å²) in [6.45, 7) is 7.49. The van der Waals surface area contributed by atoms with Crippen molar-refractivity contribution in [2.24, 2.45) is 0 Å². The van der Waals surface area contributed by atoms with E-state index < -0.39 is 0 Å². The second kappa shape index (κ2) is 9.75. The van der Waals surface area contributed by atoms with Gasteiger partial charge in [0.25, 0.3) is 5.56 Å². The van der Waals surface area contributed by atoms with Crippen LogP contribution in [-0.2, 0) is 12.8 Å². The van der Waals surface area contributed by atoms with E-state index in [2.05, 4.69) is 30.3 Å². The van der Waals surface area contributed by atoms with E-state index in [9.17, 15) is 4.79 Å². The summed E-state index contributed by atoms with van der Waals surface area (Å²) in [4.78, 5) is 21.6. The van der Waals surface area contributed by atoms with Crippen LogP contribution in [0.4, 0.5) is 0 Å². The summed E-state index contributed by atoms with van der Waals surface area (Å²) in [5.74, 6) is 0.652. The number of nitrogens with zero attached hydrogens (tertiary/aromatic N) is 2. The summed E-state index contributed by atoms with van der Waals surface area (Å²) in [5.41, 5.74) is 5.27. The van der Waals surface area contributed by atoms with Crippen LogP contribution in [-0.4, -0.2) is 14.5 Å². The van der Waals surface area contributed by atoms with E-state index in [1.54, 1.807) is 16.7 Å². The highest BCUT2D eigenvalue weighted by molar-refractivity contribution is 5.60. The molecule has 0 spiro atoms. The van der Waals surface area contributed by atoms with Crippen LogP contribution >= 0.6 is 0 Å². The Labute approximate surface area is 187 Å². The first-order chi connectivity index (χ1) is 15.7. The molecule has 2 aliphatic heterocycles. The molecule has 0 fully saturated rings. The second-order valence-corrected chi connectivity index (χ2v) is 7.48. The van der Waals surface area contributed by atoms with Gasteiger partial charge >= 0.3 is 0 Å². The molecule has 0 bridgehead atoms. The van der Waals surface area contributed by atoms with Crippen LogP contribution in [0, 0.1) is 0 Å². The lowest BCUT2D eigenvalue weighted by Gasteiger charge is -2.13. The Kier molecular flexibility index (Phi) is 6.42. The van der Waals surface area contributed by atoms with Crippen molar-refractivity contribution in [1.29, 1.82) is 0 Å². The zero-order chi connectivity index (χ0) is 22.3. The van der Waals surface area contributed by atoms with Crippen molar-refractivity contribution in [3.63, 3.8) is 0 Å². The number of benzene rings is 2. The fraction of sp³-hybridized carbons (Fsp3) is 0.0714. The summed E-state index contributed by atoms with van der Waals surface area (Å²) in [6.07, 6.45) is 12.0. The fourth-order valence-electron chi connectivity index (χ4n) is 3.69. The Morgan fingerprint density at radius 3 is 2.41 bits per heavy atom. The van der Waals surface area contributed by atoms with Gasteiger partial charge in [0.2, 0.25) is 0 Å². The van der Waals surface area contributed by atoms with Crippen molar-refractivity contribution in [3.05, 3.63) is 143 Å². The minimum absolute atomic E-state index is 0.109. The van der Waals surface area contributed by atoms with E-state index in [0.29, 0.717) is 24.4 Å². The smallest absolute Gasteiger partial charge is 0.278 e. The maximum atomic E-state index is 13.3. The minimum Gasteiger partial charge on any atom is -0.354 e. The molecule has 4 rings (SSSR count). The summed E-state index contributed by atoms with van der Waals surface area (Å²) >= 11 is 0. The predicted octanol–water partition coefficient (Wildman–Crippen LogP) is 5.65. The van der Waals surface area contributed by atoms with Gasteiger partial charge in [0.15, 0.2) is 5.82 Å². The summed E-state index contributed by atoms with van der Waals surface area (Å²) in [6, 6.07) is 20.2. The van der Waals surface area contributed by atoms with Crippen LogP contribution in [0.3, 0.4) is 0 Å². The number of fused-ring (bicyclic) bond motifs is 1. The third-order valence-electron chi connectivity index (χ3n) is 5.21. The van der Waals surface area contributed by atoms with Gasteiger partial charge in [-0.05, 0) is 16.7 Å². The molecule has 0 aromatic heterocycles. The van der Waals surface area contributed by atoms with Gasteiger partial charge in [-0.1, -0.05) is 104 Å². The molecule has 2 aromatic carbocycles. The Bertz CT molecular complexity index is 1310. The van der Waals surface area contributed by atoms with Gasteiger partial charge in [0, 0.05) is 19.0 Å². The molecular formula is C28H25N3O. The van der Waals surface area contributed by atoms with Gasteiger partial charge in [-0.15, -0.1) is 0 Å². The molecular weight excluding hydrogens is 394 g/mol. The van der Waals surface area contributed by atoms with E-state index in [1.807, 2.05) is 73.0 Å². The quantitative estimate of drug-likeness (QED) is 0.375. The molecule has 1 N–H and O–H groups in total. The molecule has 0 saturated carbocycles. The van der Waals surface area contributed by atoms with Crippen molar-refractivity contribution in [1.82, 2.24) is 14.5 Å². The van der Waals surface area contributed by atoms with Gasteiger partial charge in [-0.2, -0.15) is 0 Å². The molecule has 2 aromatic rings. The molecule has 158 valence electrons. The van der Waals surface area contributed by atoms with Crippen LogP contribution in [0.5, 0.6) is 0 Å². The van der Waals surface area contributed by atoms with E-state index in [4.69, 9.17) is 4.98 Å². The van der Waals surface area contributed by atoms with E-state index in [0.717, 1.165) is 28.1 Å². The van der Waals surface area contributed by atoms with Gasteiger partial charge in [-0.3, -0.25) is 9.36 Å². The average molecular weight is 420 g/mol. The van der Waals surface area contributed by atoms with Crippen molar-refractivity contribution < 1.29 is 0 Å². The maximum absolute atomic E-state index is 13.3. The van der Waals surface area contributed by atoms with Crippen molar-refractivity contribution in [3.8, 4) is 17.1 Å². The first-order valence-electron chi connectivity index (χ1n) is 10.5. The lowest BCUT2D eigenvalue weighted by Crippen LogP contribution is -2.17. The SMILES string of the molecule is C=C/C=C\C(=C/C=C)Cc1nc2c(Cc3ccccc3)[nH]c(-c3ccccc3)cn-2c1=O. The number of hydrogen-bond acceptors (Lipinski definition) is 2. The van der Waals surface area contributed by atoms with Crippen molar-refractivity contribution in [2.75, 3.05) is 0 Å². The number of H-pyrrole nitrogens is 1. The molecule has 0 unspecified atom stereocenters. The van der Waals surface area contributed by atoms with Gasteiger partial charge in [-0.25, -0.2) is 4.98 Å². The Hall–Kier alpha value is -4.18. The Morgan fingerprint density at radius 1 is 1.00 bits per heavy atom. The number of imidazole rings is 1. The van der Waals surface area contributed by atoms with E-state index in [1.165, 1.54) is 0 Å². The molecule has 0 saturated heterocycles. The Morgan fingerprint density at radius 2 is 1.72 bits per heavy atom. The summed E-state index contributed by atoms with van der Waals surface area (Å²) in [5, 5.41) is 0. The van der Waals surface area contributed by atoms with Gasteiger partial charge in [0.1, 0.15) is 5.69 Å². The topological polar surface area (TPSA) is 50.7 Å². The van der Waals surface area contributed by atoms with Crippen LogP contribution in [0.2, 0.25) is 0 Å². The molecule has 4 heteroatoms. The fourth-order valence-corrected chi connectivity index (χ4v) is 3.69. The zero-order valence-corrected chi connectivity index (χ0v) is 17.9. The zero-order valence-electron chi connectivity index (χ0n) is 17.9. The third kappa shape index (κ3) is 4.60. The highest BCUT2D eigenvalue weighted by Crippen LogP contribution is 2.23. The first-order valence-corrected chi connectivity index (χ1v) is 10.5. The third-order valence-corrected chi connectivity index (χ3v) is 5.21. The van der Waals surface area contributed by atoms with Crippen LogP contribution in [0.25, 0.3) is 17.1 Å². The molecule has 0 radical (unpaired) electrons. The number of hydrogen-bond donors (Lipinski definition) is 1. The summed E-state index contributed by atoms with van der Waals surface area (Å²) in [7, 11) is 0. The highest BCUT2D eigenvalue weighted by atomic mass is 16.1. The number of nitrogens with one attached hydrogen (secondary N) is 1. The number of allylic oxidation sites excluding steroid dienone is 6. The lowest BCUT2D eigenvalue weighted by atomic mass is 10.1. The van der Waals surface area contributed by atoms with Gasteiger partial charge < -0.3 is 4.98 Å². The van der Waals surface area contributed by atoms with Crippen LogP contribution in [0.15, 0.2) is 121 Å². The summed E-state index contributed by atoms with van der Waals surface area (Å²) < 4.78 is 1.66. The standard InChI is InChI=1S/C28H25N3O/c1-3-5-13-21(12-4-2)19-25-28(32)31-20-26(23-16-10-7-11-17-23)29-24(27(31)30-25)18-22-14-8-6-9-15-22/h3-17,20,29H,1-2,18-19H2/b13-5-,21-12+. The molecule has 4 nitrogen and oxygen atoms in total. The van der Waals surface area contributed by atoms with E-state index >= 15 is 0 Å². The molecule has 0 amide bonds. The maximum Gasteiger partial charge on any atom is 0.278 e. The molecule has 32 heavy (non-hydrogen) atoms. The molecule has 0 aliphatic carbocycles. The lowest BCUT2D eigenvalue weighted by molar-refractivity contribution is 0.914. The van der Waals surface area contributed by atoms with Crippen LogP contribution in [0.1, 0.15) is 17.0 Å². The number of aromatic amines is 1. The number of rotatable bonds is 8. The largest absolute Gasteiger partial charge is 0.354 e. The molecule has 2 heterocycles. The first kappa shape index (κ1) is 21.1. The number of aromatic nitrogens is 3. The van der Waals surface area contributed by atoms with Crippen molar-refractivity contribution >= 4 is 0 Å². The second-order valence-electron chi connectivity index (χ2n) is 7.48. The normalized spacial score (nSPS) is 11.8. The van der Waals surface area contributed by atoms with Crippen LogP contribution < -0.4 is 5.56 Å².